The Morgan fingerprint density at radius 1 is 1.04 bits per heavy atom. The third kappa shape index (κ3) is 3.57. The van der Waals surface area contributed by atoms with Gasteiger partial charge in [-0.1, -0.05) is 60.7 Å². The molecule has 1 aromatic heterocycles. The van der Waals surface area contributed by atoms with Crippen LogP contribution in [-0.2, 0) is 12.0 Å². The van der Waals surface area contributed by atoms with E-state index in [0.717, 1.165) is 12.0 Å². The van der Waals surface area contributed by atoms with Gasteiger partial charge in [-0.3, -0.25) is 4.79 Å². The first-order valence-corrected chi connectivity index (χ1v) is 7.78. The van der Waals surface area contributed by atoms with E-state index in [1.807, 2.05) is 59.3 Å². The Labute approximate surface area is 136 Å². The Bertz CT molecular complexity index is 751. The summed E-state index contributed by atoms with van der Waals surface area (Å²) in [5.74, 6) is 0.151. The van der Waals surface area contributed by atoms with Gasteiger partial charge in [0.25, 0.3) is 0 Å². The van der Waals surface area contributed by atoms with Crippen LogP contribution in [0.2, 0.25) is 0 Å². The third-order valence-corrected chi connectivity index (χ3v) is 4.19. The smallest absolute Gasteiger partial charge is 0.165 e. The highest BCUT2D eigenvalue weighted by Gasteiger charge is 2.30. The average molecular weight is 304 g/mol. The maximum Gasteiger partial charge on any atom is 0.165 e. The average Bonchev–Trinajstić information content (AvgIpc) is 3.12. The number of aromatic nitrogens is 2. The monoisotopic (exact) mass is 304 g/mol. The van der Waals surface area contributed by atoms with E-state index < -0.39 is 0 Å². The molecule has 3 heteroatoms. The lowest BCUT2D eigenvalue weighted by Crippen LogP contribution is -2.34. The summed E-state index contributed by atoms with van der Waals surface area (Å²) in [6.45, 7) is 2.11. The molecule has 3 aromatic rings. The highest BCUT2D eigenvalue weighted by Crippen LogP contribution is 2.27. The van der Waals surface area contributed by atoms with Crippen molar-refractivity contribution >= 4 is 5.78 Å². The second-order valence-corrected chi connectivity index (χ2v) is 6.10. The number of ketones is 1. The summed E-state index contributed by atoms with van der Waals surface area (Å²) in [7, 11) is 0. The number of imidazole rings is 1. The van der Waals surface area contributed by atoms with Gasteiger partial charge in [0.2, 0.25) is 0 Å². The summed E-state index contributed by atoms with van der Waals surface area (Å²) in [6, 6.07) is 19.7. The molecule has 116 valence electrons. The lowest BCUT2D eigenvalue weighted by atomic mass is 9.86. The Morgan fingerprint density at radius 3 is 2.30 bits per heavy atom. The van der Waals surface area contributed by atoms with Crippen molar-refractivity contribution in [1.82, 2.24) is 9.55 Å². The zero-order chi connectivity index (χ0) is 16.1. The van der Waals surface area contributed by atoms with Gasteiger partial charge in [0.05, 0.1) is 11.9 Å². The van der Waals surface area contributed by atoms with Gasteiger partial charge in [0.15, 0.2) is 5.78 Å². The van der Waals surface area contributed by atoms with E-state index in [1.165, 1.54) is 5.56 Å². The van der Waals surface area contributed by atoms with E-state index in [1.54, 1.807) is 12.5 Å². The molecule has 0 saturated heterocycles. The molecule has 0 fully saturated rings. The third-order valence-electron chi connectivity index (χ3n) is 4.19. The number of nitrogens with zero attached hydrogens (tertiary/aromatic N) is 2. The maximum absolute atomic E-state index is 12.7. The largest absolute Gasteiger partial charge is 0.331 e. The van der Waals surface area contributed by atoms with Gasteiger partial charge >= 0.3 is 0 Å². The normalized spacial score (nSPS) is 13.4. The Kier molecular flexibility index (Phi) is 4.38. The number of hydrogen-bond donors (Lipinski definition) is 0. The summed E-state index contributed by atoms with van der Waals surface area (Å²) in [6.07, 6.45) is 6.70. The minimum atomic E-state index is -0.342. The van der Waals surface area contributed by atoms with Gasteiger partial charge in [-0.15, -0.1) is 0 Å². The van der Waals surface area contributed by atoms with E-state index in [2.05, 4.69) is 24.0 Å². The van der Waals surface area contributed by atoms with Crippen LogP contribution in [0.3, 0.4) is 0 Å². The minimum absolute atomic E-state index is 0.151. The maximum atomic E-state index is 12.7. The number of benzene rings is 2. The molecule has 0 aliphatic carbocycles. The van der Waals surface area contributed by atoms with Gasteiger partial charge in [-0.25, -0.2) is 4.98 Å². The Balaban J connectivity index is 1.88. The number of rotatable bonds is 6. The van der Waals surface area contributed by atoms with Crippen LogP contribution in [0.15, 0.2) is 79.4 Å². The van der Waals surface area contributed by atoms with Gasteiger partial charge in [0, 0.05) is 24.4 Å². The molecular formula is C20H20N2O. The first-order valence-electron chi connectivity index (χ1n) is 7.78. The molecule has 0 saturated carbocycles. The van der Waals surface area contributed by atoms with Gasteiger partial charge in [-0.2, -0.15) is 0 Å². The molecule has 3 nitrogen and oxygen atoms in total. The summed E-state index contributed by atoms with van der Waals surface area (Å²) in [5, 5.41) is 0. The summed E-state index contributed by atoms with van der Waals surface area (Å²) < 4.78 is 2.04. The Hall–Kier alpha value is -2.68. The number of carbonyl (C=O) groups is 1. The molecule has 23 heavy (non-hydrogen) atoms. The summed E-state index contributed by atoms with van der Waals surface area (Å²) in [5.41, 5.74) is 1.63. The van der Waals surface area contributed by atoms with Crippen molar-refractivity contribution in [3.63, 3.8) is 0 Å². The van der Waals surface area contributed by atoms with Crippen LogP contribution in [-0.4, -0.2) is 15.3 Å². The molecule has 0 radical (unpaired) electrons. The van der Waals surface area contributed by atoms with Crippen LogP contribution in [0.25, 0.3) is 0 Å². The van der Waals surface area contributed by atoms with Crippen molar-refractivity contribution in [1.29, 1.82) is 0 Å². The first kappa shape index (κ1) is 15.2. The Morgan fingerprint density at radius 2 is 1.70 bits per heavy atom. The topological polar surface area (TPSA) is 34.9 Å². The van der Waals surface area contributed by atoms with Crippen LogP contribution in [0.4, 0.5) is 0 Å². The molecule has 0 N–H and O–H groups in total. The van der Waals surface area contributed by atoms with Gasteiger partial charge in [-0.05, 0) is 18.9 Å². The van der Waals surface area contributed by atoms with Crippen LogP contribution in [0.5, 0.6) is 0 Å². The van der Waals surface area contributed by atoms with Crippen molar-refractivity contribution < 1.29 is 4.79 Å². The quantitative estimate of drug-likeness (QED) is 0.642. The van der Waals surface area contributed by atoms with E-state index in [-0.39, 0.29) is 11.3 Å². The second-order valence-electron chi connectivity index (χ2n) is 6.10. The molecular weight excluding hydrogens is 284 g/mol. The molecule has 0 bridgehead atoms. The fourth-order valence-corrected chi connectivity index (χ4v) is 2.93. The molecule has 1 unspecified atom stereocenters. The number of hydrogen-bond acceptors (Lipinski definition) is 2. The van der Waals surface area contributed by atoms with Crippen molar-refractivity contribution in [2.45, 2.75) is 25.3 Å². The molecule has 0 aliphatic heterocycles. The van der Waals surface area contributed by atoms with Gasteiger partial charge < -0.3 is 4.57 Å². The molecule has 0 amide bonds. The molecule has 1 atom stereocenters. The first-order chi connectivity index (χ1) is 11.2. The van der Waals surface area contributed by atoms with Crippen molar-refractivity contribution in [2.75, 3.05) is 0 Å². The number of Topliss-reactive ketones (excluding diaryl/α,β-unsaturated/α-hetero) is 1. The molecule has 3 rings (SSSR count). The fourth-order valence-electron chi connectivity index (χ4n) is 2.93. The lowest BCUT2D eigenvalue weighted by Gasteiger charge is -2.31. The summed E-state index contributed by atoms with van der Waals surface area (Å²) in [4.78, 5) is 16.9. The van der Waals surface area contributed by atoms with Crippen LogP contribution >= 0.6 is 0 Å². The van der Waals surface area contributed by atoms with E-state index in [9.17, 15) is 4.79 Å². The van der Waals surface area contributed by atoms with E-state index in [4.69, 9.17) is 0 Å². The standard InChI is InChI=1S/C20H20N2O/c1-20(22-13-12-21-16-22,14-17-8-4-2-5-9-17)15-19(23)18-10-6-3-7-11-18/h2-13,16H,14-15H2,1H3. The van der Waals surface area contributed by atoms with Gasteiger partial charge in [0.1, 0.15) is 0 Å². The lowest BCUT2D eigenvalue weighted by molar-refractivity contribution is 0.0925. The van der Waals surface area contributed by atoms with Crippen molar-refractivity contribution in [3.05, 3.63) is 90.5 Å². The van der Waals surface area contributed by atoms with Crippen molar-refractivity contribution in [2.24, 2.45) is 0 Å². The SMILES string of the molecule is CC(CC(=O)c1ccccc1)(Cc1ccccc1)n1ccnc1. The van der Waals surface area contributed by atoms with E-state index in [0.29, 0.717) is 6.42 Å². The van der Waals surface area contributed by atoms with Crippen LogP contribution < -0.4 is 0 Å². The zero-order valence-electron chi connectivity index (χ0n) is 13.2. The van der Waals surface area contributed by atoms with Crippen LogP contribution in [0.1, 0.15) is 29.3 Å². The van der Waals surface area contributed by atoms with Crippen LogP contribution in [0, 0.1) is 0 Å². The predicted octanol–water partition coefficient (Wildman–Crippen LogP) is 4.11. The molecule has 0 spiro atoms. The molecule has 0 aliphatic rings. The van der Waals surface area contributed by atoms with E-state index >= 15 is 0 Å². The second kappa shape index (κ2) is 6.61. The number of carbonyl (C=O) groups excluding carboxylic acids is 1. The fraction of sp³-hybridized carbons (Fsp3) is 0.200. The highest BCUT2D eigenvalue weighted by atomic mass is 16.1. The minimum Gasteiger partial charge on any atom is -0.331 e. The van der Waals surface area contributed by atoms with Crippen molar-refractivity contribution in [3.8, 4) is 0 Å². The summed E-state index contributed by atoms with van der Waals surface area (Å²) >= 11 is 0. The molecule has 2 aromatic carbocycles. The predicted molar refractivity (Wildman–Crippen MR) is 91.4 cm³/mol. The zero-order valence-corrected chi connectivity index (χ0v) is 13.2. The highest BCUT2D eigenvalue weighted by molar-refractivity contribution is 5.96. The molecule has 1 heterocycles.